The van der Waals surface area contributed by atoms with Gasteiger partial charge in [0.05, 0.1) is 18.1 Å². The summed E-state index contributed by atoms with van der Waals surface area (Å²) in [5.41, 5.74) is 9.44. The van der Waals surface area contributed by atoms with E-state index in [2.05, 4.69) is 5.32 Å². The molecule has 0 aromatic heterocycles. The van der Waals surface area contributed by atoms with Crippen molar-refractivity contribution in [1.29, 1.82) is 0 Å². The van der Waals surface area contributed by atoms with Crippen molar-refractivity contribution in [1.82, 2.24) is 5.32 Å². The van der Waals surface area contributed by atoms with Gasteiger partial charge in [0.15, 0.2) is 0 Å². The summed E-state index contributed by atoms with van der Waals surface area (Å²) in [5.74, 6) is -1.11. The first kappa shape index (κ1) is 13.9. The number of nitrogens with one attached hydrogen (secondary N) is 1. The lowest BCUT2D eigenvalue weighted by atomic mass is 9.94. The molecule has 1 unspecified atom stereocenters. The number of ether oxygens (including phenoxy) is 1. The van der Waals surface area contributed by atoms with Crippen LogP contribution in [0.2, 0.25) is 0 Å². The fourth-order valence-electron chi connectivity index (χ4n) is 1.62. The first-order valence-electron chi connectivity index (χ1n) is 5.55. The van der Waals surface area contributed by atoms with E-state index in [1.165, 1.54) is 0 Å². The Hall–Kier alpha value is -1.18. The lowest BCUT2D eigenvalue weighted by molar-refractivity contribution is -0.128. The molecule has 7 heteroatoms. The Bertz CT molecular complexity index is 289. The molecule has 1 rings (SSSR count). The molecule has 1 fully saturated rings. The summed E-state index contributed by atoms with van der Waals surface area (Å²) < 4.78 is 5.11. The molecule has 1 saturated heterocycles. The first-order chi connectivity index (χ1) is 7.93. The Kier molecular flexibility index (Phi) is 4.86. The molecule has 1 atom stereocenters. The van der Waals surface area contributed by atoms with E-state index in [1.807, 2.05) is 0 Å². The van der Waals surface area contributed by atoms with Crippen molar-refractivity contribution in [3.05, 3.63) is 0 Å². The summed E-state index contributed by atoms with van der Waals surface area (Å²) in [6, 6.07) is -0.962. The van der Waals surface area contributed by atoms with Gasteiger partial charge in [-0.05, 0) is 0 Å². The number of amides is 2. The van der Waals surface area contributed by atoms with Gasteiger partial charge in [-0.3, -0.25) is 9.59 Å². The lowest BCUT2D eigenvalue weighted by Gasteiger charge is -2.32. The van der Waals surface area contributed by atoms with E-state index in [9.17, 15) is 14.7 Å². The van der Waals surface area contributed by atoms with Gasteiger partial charge in [-0.2, -0.15) is 0 Å². The van der Waals surface area contributed by atoms with Gasteiger partial charge in [0.25, 0.3) is 0 Å². The summed E-state index contributed by atoms with van der Waals surface area (Å²) in [6.45, 7) is 1.06. The van der Waals surface area contributed by atoms with Crippen molar-refractivity contribution in [2.24, 2.45) is 11.5 Å². The molecule has 2 amide bonds. The molecule has 0 radical (unpaired) electrons. The number of carbonyl (C=O) groups excluding carboxylic acids is 2. The predicted octanol–water partition coefficient (Wildman–Crippen LogP) is -2.15. The molecule has 0 bridgehead atoms. The van der Waals surface area contributed by atoms with Gasteiger partial charge in [-0.1, -0.05) is 0 Å². The minimum atomic E-state index is -0.962. The van der Waals surface area contributed by atoms with Gasteiger partial charge in [0, 0.05) is 32.6 Å². The normalized spacial score (nSPS) is 20.6. The van der Waals surface area contributed by atoms with Crippen molar-refractivity contribution >= 4 is 11.8 Å². The zero-order chi connectivity index (χ0) is 12.9. The molecule has 17 heavy (non-hydrogen) atoms. The molecule has 1 aliphatic rings. The van der Waals surface area contributed by atoms with Crippen LogP contribution in [-0.2, 0) is 14.3 Å². The Labute approximate surface area is 99.5 Å². The standard InChI is InChI=1S/C10H19N3O4/c11-7(5-8(12)14)9(15)13-6-10(16)1-3-17-4-2-10/h7,16H,1-6,11H2,(H2,12,14)(H,13,15). The number of nitrogens with two attached hydrogens (primary N) is 2. The second-order valence-corrected chi connectivity index (χ2v) is 4.33. The maximum atomic E-state index is 11.5. The van der Waals surface area contributed by atoms with Crippen LogP contribution in [0.3, 0.4) is 0 Å². The van der Waals surface area contributed by atoms with Gasteiger partial charge in [0.1, 0.15) is 0 Å². The molecule has 98 valence electrons. The maximum Gasteiger partial charge on any atom is 0.237 e. The Morgan fingerprint density at radius 1 is 1.41 bits per heavy atom. The van der Waals surface area contributed by atoms with Gasteiger partial charge < -0.3 is 26.6 Å². The van der Waals surface area contributed by atoms with E-state index in [1.54, 1.807) is 0 Å². The summed E-state index contributed by atoms with van der Waals surface area (Å²) in [4.78, 5) is 22.1. The van der Waals surface area contributed by atoms with Crippen LogP contribution < -0.4 is 16.8 Å². The largest absolute Gasteiger partial charge is 0.388 e. The number of hydrogen-bond donors (Lipinski definition) is 4. The van der Waals surface area contributed by atoms with Crippen molar-refractivity contribution in [2.45, 2.75) is 30.9 Å². The van der Waals surface area contributed by atoms with Crippen LogP contribution in [0.5, 0.6) is 0 Å². The van der Waals surface area contributed by atoms with Crippen LogP contribution in [0.1, 0.15) is 19.3 Å². The van der Waals surface area contributed by atoms with E-state index in [0.29, 0.717) is 26.1 Å². The topological polar surface area (TPSA) is 128 Å². The highest BCUT2D eigenvalue weighted by Gasteiger charge is 2.30. The molecule has 0 aliphatic carbocycles. The molecule has 6 N–H and O–H groups in total. The predicted molar refractivity (Wildman–Crippen MR) is 59.8 cm³/mol. The number of aliphatic hydroxyl groups is 1. The SMILES string of the molecule is NC(=O)CC(N)C(=O)NCC1(O)CCOCC1. The van der Waals surface area contributed by atoms with Crippen LogP contribution in [-0.4, -0.2) is 48.3 Å². The Morgan fingerprint density at radius 3 is 2.53 bits per heavy atom. The zero-order valence-electron chi connectivity index (χ0n) is 9.65. The van der Waals surface area contributed by atoms with Crippen molar-refractivity contribution in [2.75, 3.05) is 19.8 Å². The van der Waals surface area contributed by atoms with Gasteiger partial charge in [-0.15, -0.1) is 0 Å². The molecule has 0 saturated carbocycles. The average molecular weight is 245 g/mol. The summed E-state index contributed by atoms with van der Waals surface area (Å²) in [5, 5.41) is 12.6. The Balaban J connectivity index is 2.33. The van der Waals surface area contributed by atoms with E-state index in [-0.39, 0.29) is 13.0 Å². The van der Waals surface area contributed by atoms with Gasteiger partial charge >= 0.3 is 0 Å². The molecule has 1 aliphatic heterocycles. The molecule has 7 nitrogen and oxygen atoms in total. The summed E-state index contributed by atoms with van der Waals surface area (Å²) >= 11 is 0. The monoisotopic (exact) mass is 245 g/mol. The third kappa shape index (κ3) is 4.68. The van der Waals surface area contributed by atoms with Gasteiger partial charge in [0.2, 0.25) is 11.8 Å². The highest BCUT2D eigenvalue weighted by molar-refractivity contribution is 5.87. The number of primary amides is 1. The van der Waals surface area contributed by atoms with E-state index in [4.69, 9.17) is 16.2 Å². The second kappa shape index (κ2) is 5.95. The van der Waals surface area contributed by atoms with Crippen molar-refractivity contribution in [3.8, 4) is 0 Å². The molecular weight excluding hydrogens is 226 g/mol. The molecular formula is C10H19N3O4. The summed E-state index contributed by atoms with van der Waals surface area (Å²) in [6.07, 6.45) is 0.740. The van der Waals surface area contributed by atoms with Crippen LogP contribution >= 0.6 is 0 Å². The van der Waals surface area contributed by atoms with E-state index in [0.717, 1.165) is 0 Å². The zero-order valence-corrected chi connectivity index (χ0v) is 9.65. The fraction of sp³-hybridized carbons (Fsp3) is 0.800. The third-order valence-electron chi connectivity index (χ3n) is 2.77. The quantitative estimate of drug-likeness (QED) is 0.439. The highest BCUT2D eigenvalue weighted by atomic mass is 16.5. The van der Waals surface area contributed by atoms with Crippen LogP contribution in [0, 0.1) is 0 Å². The van der Waals surface area contributed by atoms with E-state index < -0.39 is 23.5 Å². The average Bonchev–Trinajstić information content (AvgIpc) is 2.26. The smallest absolute Gasteiger partial charge is 0.237 e. The van der Waals surface area contributed by atoms with Gasteiger partial charge in [-0.25, -0.2) is 0 Å². The number of carbonyl (C=O) groups is 2. The highest BCUT2D eigenvalue weighted by Crippen LogP contribution is 2.19. The Morgan fingerprint density at radius 2 is 2.00 bits per heavy atom. The number of rotatable bonds is 5. The molecule has 0 aromatic carbocycles. The minimum Gasteiger partial charge on any atom is -0.388 e. The second-order valence-electron chi connectivity index (χ2n) is 4.33. The van der Waals surface area contributed by atoms with Crippen molar-refractivity contribution < 1.29 is 19.4 Å². The fourth-order valence-corrected chi connectivity index (χ4v) is 1.62. The third-order valence-corrected chi connectivity index (χ3v) is 2.77. The lowest BCUT2D eigenvalue weighted by Crippen LogP contribution is -2.51. The van der Waals surface area contributed by atoms with Crippen LogP contribution in [0.25, 0.3) is 0 Å². The first-order valence-corrected chi connectivity index (χ1v) is 5.55. The maximum absolute atomic E-state index is 11.5. The molecule has 0 aromatic rings. The van der Waals surface area contributed by atoms with E-state index >= 15 is 0 Å². The summed E-state index contributed by atoms with van der Waals surface area (Å²) in [7, 11) is 0. The minimum absolute atomic E-state index is 0.113. The van der Waals surface area contributed by atoms with Crippen LogP contribution in [0.15, 0.2) is 0 Å². The van der Waals surface area contributed by atoms with Crippen molar-refractivity contribution in [3.63, 3.8) is 0 Å². The molecule has 0 spiro atoms. The van der Waals surface area contributed by atoms with Crippen LogP contribution in [0.4, 0.5) is 0 Å². The molecule has 1 heterocycles. The number of hydrogen-bond acceptors (Lipinski definition) is 5.